The molecule has 0 saturated heterocycles. The first kappa shape index (κ1) is 20.4. The van der Waals surface area contributed by atoms with Crippen LogP contribution in [0, 0.1) is 0 Å². The second-order valence-corrected chi connectivity index (χ2v) is 5.23. The summed E-state index contributed by atoms with van der Waals surface area (Å²) in [6, 6.07) is 21.4. The van der Waals surface area contributed by atoms with Crippen molar-refractivity contribution in [2.24, 2.45) is 0 Å². The van der Waals surface area contributed by atoms with Gasteiger partial charge < -0.3 is 5.32 Å². The lowest BCUT2D eigenvalue weighted by molar-refractivity contribution is 0.377. The Balaban J connectivity index is 0.00000102. The van der Waals surface area contributed by atoms with E-state index in [4.69, 9.17) is 0 Å². The van der Waals surface area contributed by atoms with E-state index in [0.717, 1.165) is 0 Å². The molecule has 1 nitrogen and oxygen atoms in total. The molecule has 0 amide bonds. The summed E-state index contributed by atoms with van der Waals surface area (Å²) < 4.78 is 0. The van der Waals surface area contributed by atoms with Crippen molar-refractivity contribution in [2.45, 2.75) is 53.0 Å². The van der Waals surface area contributed by atoms with Crippen LogP contribution in [0.1, 0.15) is 58.6 Å². The molecular weight excluding hydrogens is 266 g/mol. The zero-order valence-electron chi connectivity index (χ0n) is 15.4. The molecule has 0 radical (unpaired) electrons. The van der Waals surface area contributed by atoms with Gasteiger partial charge in [-0.1, -0.05) is 88.4 Å². The van der Waals surface area contributed by atoms with Gasteiger partial charge in [-0.15, -0.1) is 0 Å². The second kappa shape index (κ2) is 11.0. The maximum absolute atomic E-state index is 3.44. The fourth-order valence-electron chi connectivity index (χ4n) is 2.46. The smallest absolute Gasteiger partial charge is 0.0266 e. The molecule has 1 N–H and O–H groups in total. The summed E-state index contributed by atoms with van der Waals surface area (Å²) in [5.41, 5.74) is 2.72. The summed E-state index contributed by atoms with van der Waals surface area (Å²) in [7, 11) is 2.03. The Labute approximate surface area is 137 Å². The van der Waals surface area contributed by atoms with Gasteiger partial charge in [0.25, 0.3) is 0 Å². The lowest BCUT2D eigenvalue weighted by Crippen LogP contribution is -2.42. The molecule has 2 aromatic rings. The lowest BCUT2D eigenvalue weighted by Gasteiger charge is -2.35. The van der Waals surface area contributed by atoms with Gasteiger partial charge in [-0.25, -0.2) is 0 Å². The predicted octanol–water partition coefficient (Wildman–Crippen LogP) is 5.87. The molecule has 0 aliphatic heterocycles. The third-order valence-electron chi connectivity index (χ3n) is 3.63. The minimum Gasteiger partial charge on any atom is -0.314 e. The maximum atomic E-state index is 3.44. The van der Waals surface area contributed by atoms with Crippen molar-refractivity contribution in [3.05, 3.63) is 71.8 Å². The Bertz CT molecular complexity index is 434. The van der Waals surface area contributed by atoms with E-state index >= 15 is 0 Å². The molecule has 1 heteroatoms. The Morgan fingerprint density at radius 2 is 1.00 bits per heavy atom. The van der Waals surface area contributed by atoms with Crippen LogP contribution in [0.5, 0.6) is 0 Å². The highest BCUT2D eigenvalue weighted by Crippen LogP contribution is 2.34. The fraction of sp³-hybridized carbons (Fsp3) is 0.429. The average Bonchev–Trinajstić information content (AvgIpc) is 2.60. The van der Waals surface area contributed by atoms with Gasteiger partial charge in [0, 0.05) is 11.5 Å². The molecule has 0 heterocycles. The number of hydrogen-bond acceptors (Lipinski definition) is 1. The van der Waals surface area contributed by atoms with Crippen molar-refractivity contribution in [3.63, 3.8) is 0 Å². The van der Waals surface area contributed by atoms with Crippen LogP contribution in [0.3, 0.4) is 0 Å². The van der Waals surface area contributed by atoms with Gasteiger partial charge in [-0.2, -0.15) is 0 Å². The summed E-state index contributed by atoms with van der Waals surface area (Å²) >= 11 is 0. The zero-order chi connectivity index (χ0) is 17.0. The summed E-state index contributed by atoms with van der Waals surface area (Å²) in [4.78, 5) is 0. The zero-order valence-corrected chi connectivity index (χ0v) is 15.4. The largest absolute Gasteiger partial charge is 0.314 e. The van der Waals surface area contributed by atoms with Crippen molar-refractivity contribution in [1.29, 1.82) is 0 Å². The van der Waals surface area contributed by atoms with Gasteiger partial charge in [0.05, 0.1) is 0 Å². The molecule has 22 heavy (non-hydrogen) atoms. The Morgan fingerprint density at radius 1 is 0.682 bits per heavy atom. The minimum atomic E-state index is 0.0166. The highest BCUT2D eigenvalue weighted by atomic mass is 14.9. The van der Waals surface area contributed by atoms with Crippen LogP contribution in [-0.4, -0.2) is 12.6 Å². The topological polar surface area (TPSA) is 12.0 Å². The summed E-state index contributed by atoms with van der Waals surface area (Å²) in [5, 5.41) is 3.44. The Kier molecular flexibility index (Phi) is 10.2. The summed E-state index contributed by atoms with van der Waals surface area (Å²) in [6.45, 7) is 12.5. The van der Waals surface area contributed by atoms with Crippen LogP contribution < -0.4 is 5.32 Å². The van der Waals surface area contributed by atoms with Gasteiger partial charge in [0.15, 0.2) is 0 Å². The Morgan fingerprint density at radius 3 is 1.27 bits per heavy atom. The number of benzene rings is 2. The number of hydrogen-bond donors (Lipinski definition) is 1. The lowest BCUT2D eigenvalue weighted by atomic mass is 9.77. The molecule has 0 bridgehead atoms. The fourth-order valence-corrected chi connectivity index (χ4v) is 2.46. The maximum Gasteiger partial charge on any atom is 0.0266 e. The van der Waals surface area contributed by atoms with E-state index in [1.165, 1.54) is 11.1 Å². The molecule has 0 fully saturated rings. The van der Waals surface area contributed by atoms with Gasteiger partial charge in [0.2, 0.25) is 0 Å². The van der Waals surface area contributed by atoms with E-state index in [-0.39, 0.29) is 5.54 Å². The van der Waals surface area contributed by atoms with Crippen molar-refractivity contribution < 1.29 is 0 Å². The van der Waals surface area contributed by atoms with Crippen LogP contribution in [0.25, 0.3) is 0 Å². The number of likely N-dealkylation sites (N-methyl/N-ethyl adjacent to an activating group) is 1. The quantitative estimate of drug-likeness (QED) is 0.744. The SMILES string of the molecule is CC.CC.CNC(C)(C)C(c1ccccc1)c1ccccc1. The first-order valence-electron chi connectivity index (χ1n) is 8.44. The standard InChI is InChI=1S/C17H21N.2C2H6/c1-17(2,18-3)16(14-10-6-4-7-11-14)15-12-8-5-9-13-15;2*1-2/h4-13,16,18H,1-3H3;2*1-2H3. The highest BCUT2D eigenvalue weighted by Gasteiger charge is 2.30. The monoisotopic (exact) mass is 299 g/mol. The Hall–Kier alpha value is -1.60. The van der Waals surface area contributed by atoms with Crippen LogP contribution in [-0.2, 0) is 0 Å². The third-order valence-corrected chi connectivity index (χ3v) is 3.63. The first-order valence-corrected chi connectivity index (χ1v) is 8.44. The highest BCUT2D eigenvalue weighted by molar-refractivity contribution is 5.36. The predicted molar refractivity (Wildman–Crippen MR) is 101 cm³/mol. The van der Waals surface area contributed by atoms with Gasteiger partial charge in [0.1, 0.15) is 0 Å². The van der Waals surface area contributed by atoms with Crippen LogP contribution in [0.4, 0.5) is 0 Å². The summed E-state index contributed by atoms with van der Waals surface area (Å²) in [6.07, 6.45) is 0. The van der Waals surface area contributed by atoms with E-state index in [0.29, 0.717) is 5.92 Å². The van der Waals surface area contributed by atoms with Gasteiger partial charge in [-0.05, 0) is 32.0 Å². The van der Waals surface area contributed by atoms with E-state index in [1.807, 2.05) is 34.7 Å². The third kappa shape index (κ3) is 5.65. The number of rotatable bonds is 4. The van der Waals surface area contributed by atoms with Crippen molar-refractivity contribution in [3.8, 4) is 0 Å². The summed E-state index contributed by atoms with van der Waals surface area (Å²) in [5.74, 6) is 0.352. The van der Waals surface area contributed by atoms with E-state index < -0.39 is 0 Å². The van der Waals surface area contributed by atoms with Gasteiger partial charge in [-0.3, -0.25) is 0 Å². The van der Waals surface area contributed by atoms with Crippen LogP contribution in [0.2, 0.25) is 0 Å². The van der Waals surface area contributed by atoms with E-state index in [2.05, 4.69) is 79.8 Å². The second-order valence-electron chi connectivity index (χ2n) is 5.23. The average molecular weight is 300 g/mol. The van der Waals surface area contributed by atoms with Crippen molar-refractivity contribution in [1.82, 2.24) is 5.32 Å². The number of nitrogens with one attached hydrogen (secondary N) is 1. The van der Waals surface area contributed by atoms with Crippen LogP contribution in [0.15, 0.2) is 60.7 Å². The molecular formula is C21H33N. The molecule has 0 unspecified atom stereocenters. The normalized spacial score (nSPS) is 10.2. The molecule has 2 rings (SSSR count). The molecule has 2 aromatic carbocycles. The molecule has 122 valence electrons. The van der Waals surface area contributed by atoms with Crippen molar-refractivity contribution >= 4 is 0 Å². The molecule has 0 saturated carbocycles. The molecule has 0 aliphatic carbocycles. The van der Waals surface area contributed by atoms with Crippen molar-refractivity contribution in [2.75, 3.05) is 7.05 Å². The first-order chi connectivity index (χ1) is 10.6. The molecule has 0 spiro atoms. The van der Waals surface area contributed by atoms with Crippen LogP contribution >= 0.6 is 0 Å². The van der Waals surface area contributed by atoms with E-state index in [1.54, 1.807) is 0 Å². The van der Waals surface area contributed by atoms with Gasteiger partial charge >= 0.3 is 0 Å². The molecule has 0 atom stereocenters. The molecule has 0 aromatic heterocycles. The van der Waals surface area contributed by atoms with E-state index in [9.17, 15) is 0 Å². The minimum absolute atomic E-state index is 0.0166. The molecule has 0 aliphatic rings.